The highest BCUT2D eigenvalue weighted by molar-refractivity contribution is 5.84. The van der Waals surface area contributed by atoms with Gasteiger partial charge in [-0.05, 0) is 62.0 Å². The molecule has 0 saturated carbocycles. The third-order valence-corrected chi connectivity index (χ3v) is 3.49. The largest absolute Gasteiger partial charge is 0.453 e. The molecule has 1 saturated heterocycles. The number of carbonyl (C=O) groups is 1. The molecule has 2 rings (SSSR count). The molecule has 1 aromatic carbocycles. The summed E-state index contributed by atoms with van der Waals surface area (Å²) in [6, 6.07) is 6.04. The maximum absolute atomic E-state index is 11.2. The van der Waals surface area contributed by atoms with Crippen LogP contribution < -0.4 is 10.6 Å². The lowest BCUT2D eigenvalue weighted by molar-refractivity contribution is 0.187. The Morgan fingerprint density at radius 3 is 2.78 bits per heavy atom. The fourth-order valence-electron chi connectivity index (χ4n) is 2.46. The van der Waals surface area contributed by atoms with Crippen LogP contribution in [-0.2, 0) is 4.74 Å². The van der Waals surface area contributed by atoms with Crippen LogP contribution in [0.15, 0.2) is 18.2 Å². The first-order valence-electron chi connectivity index (χ1n) is 6.37. The zero-order chi connectivity index (χ0) is 13.0. The summed E-state index contributed by atoms with van der Waals surface area (Å²) in [7, 11) is 1.37. The number of hydrogen-bond acceptors (Lipinski definition) is 3. The fourth-order valence-corrected chi connectivity index (χ4v) is 2.46. The van der Waals surface area contributed by atoms with Crippen LogP contribution in [0.25, 0.3) is 0 Å². The Kier molecular flexibility index (Phi) is 4.20. The highest BCUT2D eigenvalue weighted by Gasteiger charge is 2.17. The number of methoxy groups -OCH3 is 1. The quantitative estimate of drug-likeness (QED) is 0.846. The van der Waals surface area contributed by atoms with E-state index in [1.165, 1.54) is 18.2 Å². The van der Waals surface area contributed by atoms with Gasteiger partial charge in [0, 0.05) is 5.69 Å². The Bertz CT molecular complexity index is 426. The predicted octanol–water partition coefficient (Wildman–Crippen LogP) is 2.64. The molecule has 2 N–H and O–H groups in total. The molecule has 0 spiro atoms. The summed E-state index contributed by atoms with van der Waals surface area (Å²) in [6.07, 6.45) is 1.89. The predicted molar refractivity (Wildman–Crippen MR) is 72.1 cm³/mol. The Hall–Kier alpha value is -1.55. The van der Waals surface area contributed by atoms with Crippen LogP contribution in [0.1, 0.15) is 29.9 Å². The fraction of sp³-hybridized carbons (Fsp3) is 0.500. The molecule has 4 nitrogen and oxygen atoms in total. The summed E-state index contributed by atoms with van der Waals surface area (Å²) < 4.78 is 4.61. The molecule has 0 aliphatic carbocycles. The van der Waals surface area contributed by atoms with Crippen molar-refractivity contribution >= 4 is 11.8 Å². The molecule has 0 radical (unpaired) electrons. The van der Waals surface area contributed by atoms with Crippen LogP contribution in [0.3, 0.4) is 0 Å². The van der Waals surface area contributed by atoms with Crippen molar-refractivity contribution in [1.29, 1.82) is 0 Å². The second-order valence-corrected chi connectivity index (χ2v) is 4.71. The number of piperidine rings is 1. The van der Waals surface area contributed by atoms with Crippen LogP contribution in [-0.4, -0.2) is 26.3 Å². The number of nitrogens with one attached hydrogen (secondary N) is 2. The van der Waals surface area contributed by atoms with Gasteiger partial charge in [-0.2, -0.15) is 0 Å². The molecule has 98 valence electrons. The molecule has 1 aliphatic rings. The first-order chi connectivity index (χ1) is 8.70. The van der Waals surface area contributed by atoms with Gasteiger partial charge >= 0.3 is 6.09 Å². The van der Waals surface area contributed by atoms with E-state index >= 15 is 0 Å². The number of carbonyl (C=O) groups excluding carboxylic acids is 1. The van der Waals surface area contributed by atoms with Gasteiger partial charge in [-0.15, -0.1) is 0 Å². The second-order valence-electron chi connectivity index (χ2n) is 4.71. The molecule has 0 aromatic heterocycles. The van der Waals surface area contributed by atoms with E-state index < -0.39 is 6.09 Å². The van der Waals surface area contributed by atoms with E-state index in [1.807, 2.05) is 6.07 Å². The van der Waals surface area contributed by atoms with Crippen molar-refractivity contribution in [2.45, 2.75) is 25.7 Å². The molecular weight excluding hydrogens is 228 g/mol. The molecule has 0 atom stereocenters. The molecule has 1 heterocycles. The molecule has 1 aromatic rings. The van der Waals surface area contributed by atoms with E-state index in [0.717, 1.165) is 31.6 Å². The van der Waals surface area contributed by atoms with Gasteiger partial charge in [0.2, 0.25) is 0 Å². The molecule has 1 amide bonds. The van der Waals surface area contributed by atoms with Crippen molar-refractivity contribution in [3.05, 3.63) is 29.3 Å². The summed E-state index contributed by atoms with van der Waals surface area (Å²) >= 11 is 0. The Morgan fingerprint density at radius 1 is 1.39 bits per heavy atom. The van der Waals surface area contributed by atoms with Gasteiger partial charge in [-0.1, -0.05) is 6.07 Å². The van der Waals surface area contributed by atoms with Crippen molar-refractivity contribution in [2.24, 2.45) is 0 Å². The molecule has 1 fully saturated rings. The number of rotatable bonds is 2. The average Bonchev–Trinajstić information content (AvgIpc) is 2.42. The summed E-state index contributed by atoms with van der Waals surface area (Å²) in [4.78, 5) is 11.2. The van der Waals surface area contributed by atoms with Gasteiger partial charge in [0.15, 0.2) is 0 Å². The van der Waals surface area contributed by atoms with Gasteiger partial charge in [0.05, 0.1) is 7.11 Å². The molecule has 1 aliphatic heterocycles. The summed E-state index contributed by atoms with van der Waals surface area (Å²) in [6.45, 7) is 4.26. The Balaban J connectivity index is 2.17. The zero-order valence-electron chi connectivity index (χ0n) is 11.0. The minimum Gasteiger partial charge on any atom is -0.453 e. The minimum atomic E-state index is -0.421. The van der Waals surface area contributed by atoms with E-state index in [0.29, 0.717) is 5.92 Å². The van der Waals surface area contributed by atoms with Crippen molar-refractivity contribution in [3.8, 4) is 0 Å². The van der Waals surface area contributed by atoms with Crippen LogP contribution in [0.4, 0.5) is 10.5 Å². The summed E-state index contributed by atoms with van der Waals surface area (Å²) in [5.74, 6) is 0.589. The first kappa shape index (κ1) is 12.9. The lowest BCUT2D eigenvalue weighted by Crippen LogP contribution is -2.27. The third kappa shape index (κ3) is 3.01. The monoisotopic (exact) mass is 248 g/mol. The lowest BCUT2D eigenvalue weighted by Gasteiger charge is -2.25. The highest BCUT2D eigenvalue weighted by atomic mass is 16.5. The molecule has 4 heteroatoms. The number of anilines is 1. The van der Waals surface area contributed by atoms with E-state index in [-0.39, 0.29) is 0 Å². The molecule has 0 unspecified atom stereocenters. The second kappa shape index (κ2) is 5.87. The number of ether oxygens (including phenoxy) is 1. The number of hydrogen-bond donors (Lipinski definition) is 2. The maximum atomic E-state index is 11.2. The Labute approximate surface area is 108 Å². The zero-order valence-corrected chi connectivity index (χ0v) is 11.0. The van der Waals surface area contributed by atoms with E-state index in [9.17, 15) is 4.79 Å². The summed E-state index contributed by atoms with van der Waals surface area (Å²) in [5.41, 5.74) is 3.43. The van der Waals surface area contributed by atoms with Crippen molar-refractivity contribution in [1.82, 2.24) is 5.32 Å². The first-order valence-corrected chi connectivity index (χ1v) is 6.37. The standard InChI is InChI=1S/C14H20N2O2/c1-10-3-4-12(16-14(17)18-2)9-13(10)11-5-7-15-8-6-11/h3-4,9,11,15H,5-8H2,1-2H3,(H,16,17). The topological polar surface area (TPSA) is 50.4 Å². The van der Waals surface area contributed by atoms with Crippen molar-refractivity contribution in [2.75, 3.05) is 25.5 Å². The SMILES string of the molecule is COC(=O)Nc1ccc(C)c(C2CCNCC2)c1. The van der Waals surface area contributed by atoms with Crippen molar-refractivity contribution in [3.63, 3.8) is 0 Å². The van der Waals surface area contributed by atoms with E-state index in [2.05, 4.69) is 34.4 Å². The van der Waals surface area contributed by atoms with Crippen LogP contribution in [0, 0.1) is 6.92 Å². The molecule has 18 heavy (non-hydrogen) atoms. The van der Waals surface area contributed by atoms with Gasteiger partial charge in [-0.3, -0.25) is 5.32 Å². The van der Waals surface area contributed by atoms with Gasteiger partial charge < -0.3 is 10.1 Å². The summed E-state index contributed by atoms with van der Waals surface area (Å²) in [5, 5.41) is 6.09. The van der Waals surface area contributed by atoms with Gasteiger partial charge in [-0.25, -0.2) is 4.79 Å². The van der Waals surface area contributed by atoms with Gasteiger partial charge in [0.25, 0.3) is 0 Å². The molecule has 0 bridgehead atoms. The number of aryl methyl sites for hydroxylation is 1. The lowest BCUT2D eigenvalue weighted by atomic mass is 9.87. The van der Waals surface area contributed by atoms with Crippen LogP contribution in [0.2, 0.25) is 0 Å². The number of amides is 1. The van der Waals surface area contributed by atoms with E-state index in [4.69, 9.17) is 0 Å². The Morgan fingerprint density at radius 2 is 2.11 bits per heavy atom. The normalized spacial score (nSPS) is 16.3. The van der Waals surface area contributed by atoms with Crippen molar-refractivity contribution < 1.29 is 9.53 Å². The van der Waals surface area contributed by atoms with E-state index in [1.54, 1.807) is 0 Å². The minimum absolute atomic E-state index is 0.421. The maximum Gasteiger partial charge on any atom is 0.411 e. The molecular formula is C14H20N2O2. The van der Waals surface area contributed by atoms with Crippen LogP contribution >= 0.6 is 0 Å². The smallest absolute Gasteiger partial charge is 0.411 e. The number of benzene rings is 1. The van der Waals surface area contributed by atoms with Gasteiger partial charge in [0.1, 0.15) is 0 Å². The average molecular weight is 248 g/mol. The van der Waals surface area contributed by atoms with Crippen LogP contribution in [0.5, 0.6) is 0 Å². The third-order valence-electron chi connectivity index (χ3n) is 3.49. The highest BCUT2D eigenvalue weighted by Crippen LogP contribution is 2.29.